The van der Waals surface area contributed by atoms with E-state index in [1.165, 1.54) is 17.6 Å². The summed E-state index contributed by atoms with van der Waals surface area (Å²) in [6.07, 6.45) is 3.29. The quantitative estimate of drug-likeness (QED) is 0.588. The average molecular weight is 525 g/mol. The Labute approximate surface area is 222 Å². The Bertz CT molecular complexity index is 1280. The van der Waals surface area contributed by atoms with Crippen LogP contribution in [0.5, 0.6) is 11.5 Å². The predicted molar refractivity (Wildman–Crippen MR) is 141 cm³/mol. The van der Waals surface area contributed by atoms with E-state index in [2.05, 4.69) is 23.5 Å². The topological polar surface area (TPSA) is 103 Å². The number of carbonyl (C=O) groups excluding carboxylic acids is 3. The summed E-state index contributed by atoms with van der Waals surface area (Å²) in [6.45, 7) is 5.20. The molecule has 38 heavy (non-hydrogen) atoms. The average Bonchev–Trinajstić information content (AvgIpc) is 3.66. The summed E-state index contributed by atoms with van der Waals surface area (Å²) in [7, 11) is 2.98. The number of nitrogens with zero attached hydrogens (tertiary/aromatic N) is 1. The van der Waals surface area contributed by atoms with E-state index in [9.17, 15) is 14.4 Å². The lowest BCUT2D eigenvalue weighted by Gasteiger charge is -2.37. The Morgan fingerprint density at radius 2 is 1.92 bits per heavy atom. The molecule has 2 aromatic carbocycles. The fraction of sp³-hybridized carbons (Fsp3) is 0.552. The maximum atomic E-state index is 13.2. The van der Waals surface area contributed by atoms with Gasteiger partial charge in [-0.25, -0.2) is 9.59 Å². The van der Waals surface area contributed by atoms with Gasteiger partial charge in [0, 0.05) is 12.0 Å². The number of methoxy groups -OCH3 is 2. The van der Waals surface area contributed by atoms with Gasteiger partial charge in [-0.15, -0.1) is 0 Å². The predicted octanol–water partition coefficient (Wildman–Crippen LogP) is 4.09. The first-order valence-electron chi connectivity index (χ1n) is 13.2. The molecule has 9 nitrogen and oxygen atoms in total. The molecule has 1 spiro atoms. The fourth-order valence-corrected chi connectivity index (χ4v) is 5.64. The van der Waals surface area contributed by atoms with Crippen molar-refractivity contribution in [1.29, 1.82) is 0 Å². The van der Waals surface area contributed by atoms with Crippen LogP contribution >= 0.6 is 0 Å². The van der Waals surface area contributed by atoms with Gasteiger partial charge in [0.15, 0.2) is 0 Å². The highest BCUT2D eigenvalue weighted by Gasteiger charge is 2.53. The van der Waals surface area contributed by atoms with Crippen LogP contribution in [0.2, 0.25) is 0 Å². The van der Waals surface area contributed by atoms with Gasteiger partial charge in [-0.2, -0.15) is 0 Å². The van der Waals surface area contributed by atoms with E-state index in [0.717, 1.165) is 47.1 Å². The number of likely N-dealkylation sites (tertiary alicyclic amines) is 1. The third kappa shape index (κ3) is 5.11. The first-order chi connectivity index (χ1) is 18.0. The molecule has 1 saturated carbocycles. The summed E-state index contributed by atoms with van der Waals surface area (Å²) < 4.78 is 22.6. The van der Waals surface area contributed by atoms with Gasteiger partial charge < -0.3 is 29.2 Å². The van der Waals surface area contributed by atoms with Crippen LogP contribution < -0.4 is 14.8 Å². The Kier molecular flexibility index (Phi) is 6.65. The smallest absolute Gasteiger partial charge is 0.408 e. The number of benzene rings is 2. The molecule has 0 aromatic heterocycles. The largest absolute Gasteiger partial charge is 0.497 e. The molecule has 1 aliphatic carbocycles. The van der Waals surface area contributed by atoms with Crippen molar-refractivity contribution in [2.24, 2.45) is 0 Å². The number of amides is 2. The van der Waals surface area contributed by atoms with E-state index in [1.54, 1.807) is 27.9 Å². The number of hydrogen-bond acceptors (Lipinski definition) is 7. The second kappa shape index (κ2) is 9.67. The van der Waals surface area contributed by atoms with Crippen molar-refractivity contribution in [2.75, 3.05) is 27.3 Å². The molecule has 2 heterocycles. The van der Waals surface area contributed by atoms with Gasteiger partial charge in [-0.1, -0.05) is 6.07 Å². The lowest BCUT2D eigenvalue weighted by molar-refractivity contribution is -0.150. The molecule has 204 valence electrons. The van der Waals surface area contributed by atoms with Gasteiger partial charge in [0.1, 0.15) is 35.3 Å². The van der Waals surface area contributed by atoms with Crippen LogP contribution in [0.3, 0.4) is 0 Å². The van der Waals surface area contributed by atoms with Gasteiger partial charge in [0.25, 0.3) is 0 Å². The molecule has 1 N–H and O–H groups in total. The number of aryl methyl sites for hydroxylation is 1. The number of carbonyl (C=O) groups is 3. The Hall–Kier alpha value is -3.49. The van der Waals surface area contributed by atoms with Crippen molar-refractivity contribution in [1.82, 2.24) is 10.2 Å². The zero-order valence-electron chi connectivity index (χ0n) is 22.7. The molecule has 2 aromatic rings. The first-order valence-corrected chi connectivity index (χ1v) is 13.2. The lowest BCUT2D eigenvalue weighted by atomic mass is 9.85. The third-order valence-corrected chi connectivity index (χ3v) is 7.58. The zero-order valence-corrected chi connectivity index (χ0v) is 22.7. The summed E-state index contributed by atoms with van der Waals surface area (Å²) in [5.41, 5.74) is 0.947. The van der Waals surface area contributed by atoms with E-state index < -0.39 is 29.3 Å². The number of ether oxygens (including phenoxy) is 4. The summed E-state index contributed by atoms with van der Waals surface area (Å²) in [5, 5.41) is 4.78. The molecular weight excluding hydrogens is 488 g/mol. The van der Waals surface area contributed by atoms with Crippen LogP contribution in [0.4, 0.5) is 4.79 Å². The molecule has 2 fully saturated rings. The number of nitrogens with one attached hydrogen (secondary N) is 1. The highest BCUT2D eigenvalue weighted by atomic mass is 16.6. The summed E-state index contributed by atoms with van der Waals surface area (Å²) >= 11 is 0. The normalized spacial score (nSPS) is 22.6. The molecule has 5 rings (SSSR count). The molecule has 2 unspecified atom stereocenters. The van der Waals surface area contributed by atoms with Crippen molar-refractivity contribution in [3.8, 4) is 11.5 Å². The number of rotatable bonds is 5. The maximum Gasteiger partial charge on any atom is 0.408 e. The van der Waals surface area contributed by atoms with Crippen molar-refractivity contribution in [3.63, 3.8) is 0 Å². The van der Waals surface area contributed by atoms with E-state index >= 15 is 0 Å². The molecule has 2 aliphatic heterocycles. The van der Waals surface area contributed by atoms with Gasteiger partial charge in [0.05, 0.1) is 20.8 Å². The summed E-state index contributed by atoms with van der Waals surface area (Å²) in [6, 6.07) is 7.54. The monoisotopic (exact) mass is 524 g/mol. The standard InChI is InChI=1S/C29H36N2O7/c1-28(2,3)38-27(34)30-15-24(32)31-16-29(14-23(31)26(33)36-5)11-10-20-21-13-19(35-4)9-8-18(21)12-22(17-6-7-17)25(20)37-29/h8-9,12-13,17,23H,6-7,10-11,14-16H2,1-5H3,(H,30,34). The minimum absolute atomic E-state index is 0.237. The number of alkyl carbamates (subject to hydrolysis) is 1. The van der Waals surface area contributed by atoms with Crippen molar-refractivity contribution < 1.29 is 33.3 Å². The number of esters is 1. The van der Waals surface area contributed by atoms with Gasteiger partial charge in [-0.05, 0) is 86.9 Å². The van der Waals surface area contributed by atoms with Crippen LogP contribution in [-0.2, 0) is 25.5 Å². The van der Waals surface area contributed by atoms with Gasteiger partial charge in [-0.3, -0.25) is 4.79 Å². The molecule has 1 saturated heterocycles. The minimum atomic E-state index is -0.792. The first kappa shape index (κ1) is 26.1. The van der Waals surface area contributed by atoms with Crippen LogP contribution in [0.15, 0.2) is 24.3 Å². The molecule has 9 heteroatoms. The molecule has 2 amide bonds. The van der Waals surface area contributed by atoms with Crippen molar-refractivity contribution in [3.05, 3.63) is 35.4 Å². The van der Waals surface area contributed by atoms with E-state index in [0.29, 0.717) is 18.8 Å². The van der Waals surface area contributed by atoms with Gasteiger partial charge in [0.2, 0.25) is 5.91 Å². The second-order valence-electron chi connectivity index (χ2n) is 11.5. The van der Waals surface area contributed by atoms with Crippen molar-refractivity contribution >= 4 is 28.7 Å². The summed E-state index contributed by atoms with van der Waals surface area (Å²) in [5.74, 6) is 1.25. The molecule has 0 radical (unpaired) electrons. The molecule has 0 bridgehead atoms. The Morgan fingerprint density at radius 1 is 1.16 bits per heavy atom. The SMILES string of the molecule is COC(=O)C1CC2(CCc3c(c(C4CC4)cc4ccc(OC)cc34)O2)CN1C(=O)CNC(=O)OC(C)(C)C. The van der Waals surface area contributed by atoms with Crippen LogP contribution in [0.25, 0.3) is 10.8 Å². The highest BCUT2D eigenvalue weighted by molar-refractivity contribution is 5.91. The van der Waals surface area contributed by atoms with Crippen LogP contribution in [0, 0.1) is 0 Å². The van der Waals surface area contributed by atoms with Crippen LogP contribution in [-0.4, -0.2) is 67.4 Å². The van der Waals surface area contributed by atoms with E-state index in [-0.39, 0.29) is 19.0 Å². The third-order valence-electron chi connectivity index (χ3n) is 7.58. The van der Waals surface area contributed by atoms with Crippen molar-refractivity contribution in [2.45, 2.75) is 76.0 Å². The number of hydrogen-bond donors (Lipinski definition) is 1. The van der Waals surface area contributed by atoms with E-state index in [4.69, 9.17) is 18.9 Å². The second-order valence-corrected chi connectivity index (χ2v) is 11.5. The van der Waals surface area contributed by atoms with E-state index in [1.807, 2.05) is 6.07 Å². The molecular formula is C29H36N2O7. The molecule has 2 atom stereocenters. The summed E-state index contributed by atoms with van der Waals surface area (Å²) in [4.78, 5) is 39.6. The highest BCUT2D eigenvalue weighted by Crippen LogP contribution is 2.52. The lowest BCUT2D eigenvalue weighted by Crippen LogP contribution is -2.48. The Morgan fingerprint density at radius 3 is 2.58 bits per heavy atom. The Balaban J connectivity index is 1.42. The minimum Gasteiger partial charge on any atom is -0.497 e. The maximum absolute atomic E-state index is 13.2. The fourth-order valence-electron chi connectivity index (χ4n) is 5.64. The zero-order chi connectivity index (χ0) is 27.2. The number of fused-ring (bicyclic) bond motifs is 3. The van der Waals surface area contributed by atoms with Gasteiger partial charge >= 0.3 is 12.1 Å². The van der Waals surface area contributed by atoms with Crippen LogP contribution in [0.1, 0.15) is 63.5 Å². The molecule has 3 aliphatic rings.